The van der Waals surface area contributed by atoms with Gasteiger partial charge in [0.25, 0.3) is 0 Å². The Morgan fingerprint density at radius 3 is 2.35 bits per heavy atom. The Morgan fingerprint density at radius 2 is 1.70 bits per heavy atom. The third-order valence-electron chi connectivity index (χ3n) is 3.56. The number of benzene rings is 2. The van der Waals surface area contributed by atoms with Crippen LogP contribution in [0.5, 0.6) is 0 Å². The Morgan fingerprint density at radius 1 is 1.00 bits per heavy atom. The van der Waals surface area contributed by atoms with Crippen molar-refractivity contribution in [3.8, 4) is 0 Å². The summed E-state index contributed by atoms with van der Waals surface area (Å²) < 4.78 is 26.9. The predicted octanol–water partition coefficient (Wildman–Crippen LogP) is 3.89. The minimum Gasteiger partial charge on any atom is -0.389 e. The number of halogens is 2. The molecule has 0 saturated carbocycles. The quantitative estimate of drug-likeness (QED) is 0.878. The maximum absolute atomic E-state index is 13.7. The van der Waals surface area contributed by atoms with Gasteiger partial charge in [0.2, 0.25) is 0 Å². The number of aliphatic hydroxyl groups is 1. The van der Waals surface area contributed by atoms with Crippen molar-refractivity contribution in [2.24, 2.45) is 0 Å². The van der Waals surface area contributed by atoms with Crippen LogP contribution in [0.3, 0.4) is 0 Å². The van der Waals surface area contributed by atoms with Crippen molar-refractivity contribution in [3.63, 3.8) is 0 Å². The third kappa shape index (κ3) is 3.64. The first-order valence-electron chi connectivity index (χ1n) is 6.73. The van der Waals surface area contributed by atoms with Gasteiger partial charge in [0.1, 0.15) is 11.6 Å². The maximum Gasteiger partial charge on any atom is 0.126 e. The highest BCUT2D eigenvalue weighted by Crippen LogP contribution is 2.24. The summed E-state index contributed by atoms with van der Waals surface area (Å²) in [4.78, 5) is 0. The van der Waals surface area contributed by atoms with E-state index in [2.05, 4.69) is 0 Å². The van der Waals surface area contributed by atoms with Crippen LogP contribution in [0, 0.1) is 11.6 Å². The first-order chi connectivity index (χ1) is 9.52. The number of hydrogen-bond acceptors (Lipinski definition) is 1. The van der Waals surface area contributed by atoms with Gasteiger partial charge >= 0.3 is 0 Å². The normalized spacial score (nSPS) is 14.0. The lowest BCUT2D eigenvalue weighted by molar-refractivity contribution is 0.0360. The van der Waals surface area contributed by atoms with Gasteiger partial charge in [0.05, 0.1) is 5.60 Å². The molecule has 0 heterocycles. The molecule has 1 unspecified atom stereocenters. The molecule has 2 aromatic rings. The summed E-state index contributed by atoms with van der Waals surface area (Å²) in [6.07, 6.45) is 0.986. The lowest BCUT2D eigenvalue weighted by atomic mass is 9.86. The zero-order chi connectivity index (χ0) is 14.6. The van der Waals surface area contributed by atoms with Gasteiger partial charge in [-0.05, 0) is 35.7 Å². The molecule has 0 aliphatic heterocycles. The van der Waals surface area contributed by atoms with Crippen molar-refractivity contribution in [1.29, 1.82) is 0 Å². The Bertz CT molecular complexity index is 568. The molecule has 0 aliphatic carbocycles. The van der Waals surface area contributed by atoms with Gasteiger partial charge in [-0.3, -0.25) is 0 Å². The van der Waals surface area contributed by atoms with Crippen molar-refractivity contribution in [1.82, 2.24) is 0 Å². The van der Waals surface area contributed by atoms with E-state index in [-0.39, 0.29) is 12.0 Å². The second-order valence-electron chi connectivity index (χ2n) is 5.15. The van der Waals surface area contributed by atoms with Gasteiger partial charge in [-0.15, -0.1) is 0 Å². The highest BCUT2D eigenvalue weighted by Gasteiger charge is 2.27. The van der Waals surface area contributed by atoms with E-state index in [4.69, 9.17) is 0 Å². The summed E-state index contributed by atoms with van der Waals surface area (Å²) in [6, 6.07) is 12.9. The Hall–Kier alpha value is -1.74. The minimum absolute atomic E-state index is 0.0992. The second-order valence-corrected chi connectivity index (χ2v) is 5.15. The fourth-order valence-corrected chi connectivity index (χ4v) is 2.32. The van der Waals surface area contributed by atoms with Crippen LogP contribution < -0.4 is 0 Å². The molecule has 0 fully saturated rings. The molecule has 106 valence electrons. The van der Waals surface area contributed by atoms with Crippen LogP contribution in [0.1, 0.15) is 24.5 Å². The monoisotopic (exact) mass is 276 g/mol. The average molecular weight is 276 g/mol. The molecule has 0 spiro atoms. The van der Waals surface area contributed by atoms with E-state index in [0.717, 1.165) is 23.8 Å². The summed E-state index contributed by atoms with van der Waals surface area (Å²) in [6.45, 7) is 1.85. The predicted molar refractivity (Wildman–Crippen MR) is 75.4 cm³/mol. The molecule has 1 N–H and O–H groups in total. The van der Waals surface area contributed by atoms with Crippen molar-refractivity contribution in [2.75, 3.05) is 0 Å². The van der Waals surface area contributed by atoms with Gasteiger partial charge in [0.15, 0.2) is 0 Å². The molecule has 0 amide bonds. The minimum atomic E-state index is -1.07. The van der Waals surface area contributed by atoms with E-state index in [1.54, 1.807) is 0 Å². The molecular formula is C17H18F2O. The molecule has 0 aliphatic rings. The fourth-order valence-electron chi connectivity index (χ4n) is 2.32. The Kier molecular flexibility index (Phi) is 4.50. The van der Waals surface area contributed by atoms with E-state index < -0.39 is 17.2 Å². The molecule has 1 atom stereocenters. The summed E-state index contributed by atoms with van der Waals surface area (Å²) in [5.74, 6) is -0.967. The van der Waals surface area contributed by atoms with Gasteiger partial charge in [-0.25, -0.2) is 8.78 Å². The van der Waals surface area contributed by atoms with Gasteiger partial charge in [0, 0.05) is 12.8 Å². The topological polar surface area (TPSA) is 20.2 Å². The van der Waals surface area contributed by atoms with Crippen LogP contribution in [-0.2, 0) is 12.8 Å². The van der Waals surface area contributed by atoms with Gasteiger partial charge in [-0.1, -0.05) is 37.3 Å². The lowest BCUT2D eigenvalue weighted by Crippen LogP contribution is -2.33. The average Bonchev–Trinajstić information content (AvgIpc) is 2.44. The standard InChI is InChI=1S/C17H18F2O/c1-2-17(20,11-13-6-4-3-5-7-13)12-14-10-15(18)8-9-16(14)19/h3-10,20H,2,11-12H2,1H3. The van der Waals surface area contributed by atoms with Crippen molar-refractivity contribution >= 4 is 0 Å². The maximum atomic E-state index is 13.7. The number of rotatable bonds is 5. The van der Waals surface area contributed by atoms with Crippen LogP contribution in [-0.4, -0.2) is 10.7 Å². The summed E-state index contributed by atoms with van der Waals surface area (Å²) in [5.41, 5.74) is 0.120. The first kappa shape index (κ1) is 14.7. The van der Waals surface area contributed by atoms with E-state index in [9.17, 15) is 13.9 Å². The first-order valence-corrected chi connectivity index (χ1v) is 6.73. The summed E-state index contributed by atoms with van der Waals surface area (Å²) in [5, 5.41) is 10.7. The molecule has 2 aromatic carbocycles. The van der Waals surface area contributed by atoms with Crippen LogP contribution in [0.2, 0.25) is 0 Å². The van der Waals surface area contributed by atoms with E-state index in [1.165, 1.54) is 0 Å². The number of hydrogen-bond donors (Lipinski definition) is 1. The smallest absolute Gasteiger partial charge is 0.126 e. The van der Waals surface area contributed by atoms with Crippen LogP contribution in [0.25, 0.3) is 0 Å². The fraction of sp³-hybridized carbons (Fsp3) is 0.294. The molecule has 0 saturated heterocycles. The Labute approximate surface area is 117 Å². The summed E-state index contributed by atoms with van der Waals surface area (Å²) in [7, 11) is 0. The SMILES string of the molecule is CCC(O)(Cc1ccccc1)Cc1cc(F)ccc1F. The van der Waals surface area contributed by atoms with E-state index in [0.29, 0.717) is 12.8 Å². The largest absolute Gasteiger partial charge is 0.389 e. The van der Waals surface area contributed by atoms with Crippen LogP contribution in [0.15, 0.2) is 48.5 Å². The van der Waals surface area contributed by atoms with Crippen LogP contribution >= 0.6 is 0 Å². The highest BCUT2D eigenvalue weighted by atomic mass is 19.1. The van der Waals surface area contributed by atoms with E-state index in [1.807, 2.05) is 37.3 Å². The van der Waals surface area contributed by atoms with Gasteiger partial charge < -0.3 is 5.11 Å². The molecule has 0 aromatic heterocycles. The molecular weight excluding hydrogens is 258 g/mol. The van der Waals surface area contributed by atoms with E-state index >= 15 is 0 Å². The zero-order valence-electron chi connectivity index (χ0n) is 11.4. The van der Waals surface area contributed by atoms with Crippen molar-refractivity contribution < 1.29 is 13.9 Å². The molecule has 2 rings (SSSR count). The molecule has 1 nitrogen and oxygen atoms in total. The third-order valence-corrected chi connectivity index (χ3v) is 3.56. The summed E-state index contributed by atoms with van der Waals surface area (Å²) >= 11 is 0. The highest BCUT2D eigenvalue weighted by molar-refractivity contribution is 5.23. The Balaban J connectivity index is 2.20. The molecule has 0 bridgehead atoms. The zero-order valence-corrected chi connectivity index (χ0v) is 11.4. The van der Waals surface area contributed by atoms with Crippen LogP contribution in [0.4, 0.5) is 8.78 Å². The molecule has 0 radical (unpaired) electrons. The second kappa shape index (κ2) is 6.14. The van der Waals surface area contributed by atoms with Gasteiger partial charge in [-0.2, -0.15) is 0 Å². The van der Waals surface area contributed by atoms with Crippen molar-refractivity contribution in [3.05, 3.63) is 71.3 Å². The lowest BCUT2D eigenvalue weighted by Gasteiger charge is -2.27. The molecule has 3 heteroatoms. The van der Waals surface area contributed by atoms with Crippen molar-refractivity contribution in [2.45, 2.75) is 31.8 Å². The molecule has 20 heavy (non-hydrogen) atoms.